The van der Waals surface area contributed by atoms with Gasteiger partial charge in [-0.1, -0.05) is 77.9 Å². The molecule has 0 aliphatic heterocycles. The maximum atomic E-state index is 2.43. The maximum absolute atomic E-state index is 2.43. The van der Waals surface area contributed by atoms with Gasteiger partial charge in [0.2, 0.25) is 0 Å². The van der Waals surface area contributed by atoms with E-state index < -0.39 is 0 Å². The summed E-state index contributed by atoms with van der Waals surface area (Å²) < 4.78 is 0. The first kappa shape index (κ1) is 15.7. The van der Waals surface area contributed by atoms with Crippen LogP contribution in [0, 0.1) is 5.92 Å². The van der Waals surface area contributed by atoms with Gasteiger partial charge in [-0.3, -0.25) is 0 Å². The third-order valence-corrected chi connectivity index (χ3v) is 3.20. The first-order valence-electron chi connectivity index (χ1n) is 7.47. The van der Waals surface area contributed by atoms with Gasteiger partial charge in [0.15, 0.2) is 0 Å². The van der Waals surface area contributed by atoms with Crippen LogP contribution in [-0.2, 0) is 0 Å². The Morgan fingerprint density at radius 2 is 1.44 bits per heavy atom. The second-order valence-corrected chi connectivity index (χ2v) is 5.10. The van der Waals surface area contributed by atoms with Crippen LogP contribution in [0.25, 0.3) is 0 Å². The lowest BCUT2D eigenvalue weighted by Gasteiger charge is -2.04. The molecule has 0 amide bonds. The second-order valence-electron chi connectivity index (χ2n) is 5.10. The second kappa shape index (κ2) is 12.8. The zero-order chi connectivity index (χ0) is 12.1. The number of unbranched alkanes of at least 4 members (excludes halogenated alkanes) is 7. The van der Waals surface area contributed by atoms with Crippen LogP contribution >= 0.6 is 0 Å². The van der Waals surface area contributed by atoms with E-state index in [1.807, 2.05) is 0 Å². The summed E-state index contributed by atoms with van der Waals surface area (Å²) in [5, 5.41) is 0. The van der Waals surface area contributed by atoms with Crippen molar-refractivity contribution in [2.75, 3.05) is 0 Å². The van der Waals surface area contributed by atoms with Crippen molar-refractivity contribution in [3.05, 3.63) is 12.2 Å². The molecular formula is C16H32. The Balaban J connectivity index is 3.24. The minimum Gasteiger partial charge on any atom is -0.0883 e. The Morgan fingerprint density at radius 1 is 0.812 bits per heavy atom. The van der Waals surface area contributed by atoms with Crippen LogP contribution in [0.2, 0.25) is 0 Å². The zero-order valence-electron chi connectivity index (χ0n) is 11.8. The summed E-state index contributed by atoms with van der Waals surface area (Å²) in [6.07, 6.45) is 18.6. The largest absolute Gasteiger partial charge is 0.0883 e. The molecule has 0 bridgehead atoms. The van der Waals surface area contributed by atoms with Crippen molar-refractivity contribution in [2.45, 2.75) is 85.0 Å². The van der Waals surface area contributed by atoms with Gasteiger partial charge in [-0.05, 0) is 25.2 Å². The SMILES string of the molecule is CCCCCCC/C=C/C(C)CCCCC. The van der Waals surface area contributed by atoms with Crippen LogP contribution in [0.15, 0.2) is 12.2 Å². The molecule has 0 nitrogen and oxygen atoms in total. The van der Waals surface area contributed by atoms with E-state index in [1.54, 1.807) is 0 Å². The smallest absolute Gasteiger partial charge is 0.0262 e. The van der Waals surface area contributed by atoms with Gasteiger partial charge in [0.25, 0.3) is 0 Å². The average Bonchev–Trinajstić information content (AvgIpc) is 2.28. The molecule has 16 heavy (non-hydrogen) atoms. The van der Waals surface area contributed by atoms with E-state index >= 15 is 0 Å². The predicted octanol–water partition coefficient (Wildman–Crippen LogP) is 6.12. The van der Waals surface area contributed by atoms with E-state index in [2.05, 4.69) is 32.9 Å². The van der Waals surface area contributed by atoms with Crippen LogP contribution in [0.5, 0.6) is 0 Å². The van der Waals surface area contributed by atoms with E-state index in [1.165, 1.54) is 64.2 Å². The maximum Gasteiger partial charge on any atom is -0.0262 e. The molecular weight excluding hydrogens is 192 g/mol. The topological polar surface area (TPSA) is 0 Å². The highest BCUT2D eigenvalue weighted by Crippen LogP contribution is 2.12. The van der Waals surface area contributed by atoms with Gasteiger partial charge in [0.1, 0.15) is 0 Å². The molecule has 0 spiro atoms. The quantitative estimate of drug-likeness (QED) is 0.293. The molecule has 96 valence electrons. The Bertz CT molecular complexity index is 146. The standard InChI is InChI=1S/C16H32/c1-4-6-8-9-10-11-13-15-16(3)14-12-7-5-2/h13,15-16H,4-12,14H2,1-3H3/b15-13+. The third-order valence-electron chi connectivity index (χ3n) is 3.20. The predicted molar refractivity (Wildman–Crippen MR) is 75.8 cm³/mol. The minimum atomic E-state index is 0.794. The van der Waals surface area contributed by atoms with Gasteiger partial charge in [0.05, 0.1) is 0 Å². The Hall–Kier alpha value is -0.260. The molecule has 0 aromatic heterocycles. The fourth-order valence-electron chi connectivity index (χ4n) is 2.01. The molecule has 0 aromatic rings. The summed E-state index contributed by atoms with van der Waals surface area (Å²) in [5.74, 6) is 0.794. The summed E-state index contributed by atoms with van der Waals surface area (Å²) in [5.41, 5.74) is 0. The van der Waals surface area contributed by atoms with E-state index in [-0.39, 0.29) is 0 Å². The molecule has 0 heteroatoms. The van der Waals surface area contributed by atoms with Crippen molar-refractivity contribution in [1.29, 1.82) is 0 Å². The Labute approximate surface area is 104 Å². The lowest BCUT2D eigenvalue weighted by molar-refractivity contribution is 0.573. The monoisotopic (exact) mass is 224 g/mol. The van der Waals surface area contributed by atoms with Gasteiger partial charge < -0.3 is 0 Å². The first-order chi connectivity index (χ1) is 7.81. The highest BCUT2D eigenvalue weighted by atomic mass is 14.0. The molecule has 0 rings (SSSR count). The van der Waals surface area contributed by atoms with Crippen molar-refractivity contribution in [1.82, 2.24) is 0 Å². The number of allylic oxidation sites excluding steroid dienone is 2. The van der Waals surface area contributed by atoms with E-state index in [0.29, 0.717) is 0 Å². The lowest BCUT2D eigenvalue weighted by atomic mass is 10.0. The van der Waals surface area contributed by atoms with Crippen molar-refractivity contribution < 1.29 is 0 Å². The summed E-state index contributed by atoms with van der Waals surface area (Å²) >= 11 is 0. The van der Waals surface area contributed by atoms with Crippen molar-refractivity contribution in [3.63, 3.8) is 0 Å². The molecule has 0 fully saturated rings. The molecule has 0 saturated carbocycles. The van der Waals surface area contributed by atoms with Crippen LogP contribution in [0.4, 0.5) is 0 Å². The Morgan fingerprint density at radius 3 is 2.12 bits per heavy atom. The van der Waals surface area contributed by atoms with Gasteiger partial charge in [-0.25, -0.2) is 0 Å². The molecule has 0 saturated heterocycles. The summed E-state index contributed by atoms with van der Waals surface area (Å²) in [6.45, 7) is 6.90. The van der Waals surface area contributed by atoms with Crippen molar-refractivity contribution >= 4 is 0 Å². The van der Waals surface area contributed by atoms with Crippen LogP contribution in [0.3, 0.4) is 0 Å². The average molecular weight is 224 g/mol. The number of hydrogen-bond donors (Lipinski definition) is 0. The molecule has 0 aliphatic rings. The van der Waals surface area contributed by atoms with E-state index in [4.69, 9.17) is 0 Å². The molecule has 0 aromatic carbocycles. The highest BCUT2D eigenvalue weighted by molar-refractivity contribution is 4.86. The Kier molecular flexibility index (Phi) is 12.6. The summed E-state index contributed by atoms with van der Waals surface area (Å²) in [7, 11) is 0. The minimum absolute atomic E-state index is 0.794. The van der Waals surface area contributed by atoms with Crippen LogP contribution in [-0.4, -0.2) is 0 Å². The van der Waals surface area contributed by atoms with E-state index in [0.717, 1.165) is 5.92 Å². The molecule has 0 heterocycles. The van der Waals surface area contributed by atoms with Crippen molar-refractivity contribution in [3.8, 4) is 0 Å². The summed E-state index contributed by atoms with van der Waals surface area (Å²) in [6, 6.07) is 0. The number of rotatable bonds is 11. The van der Waals surface area contributed by atoms with Gasteiger partial charge in [-0.2, -0.15) is 0 Å². The molecule has 0 aliphatic carbocycles. The zero-order valence-corrected chi connectivity index (χ0v) is 11.8. The fourth-order valence-corrected chi connectivity index (χ4v) is 2.01. The first-order valence-corrected chi connectivity index (χ1v) is 7.47. The van der Waals surface area contributed by atoms with E-state index in [9.17, 15) is 0 Å². The highest BCUT2D eigenvalue weighted by Gasteiger charge is 1.95. The molecule has 0 N–H and O–H groups in total. The fraction of sp³-hybridized carbons (Fsp3) is 0.875. The molecule has 1 unspecified atom stereocenters. The molecule has 0 radical (unpaired) electrons. The van der Waals surface area contributed by atoms with Crippen molar-refractivity contribution in [2.24, 2.45) is 5.92 Å². The van der Waals surface area contributed by atoms with Gasteiger partial charge >= 0.3 is 0 Å². The van der Waals surface area contributed by atoms with Crippen LogP contribution < -0.4 is 0 Å². The normalized spacial score (nSPS) is 13.4. The number of hydrogen-bond acceptors (Lipinski definition) is 0. The lowest BCUT2D eigenvalue weighted by Crippen LogP contribution is -1.89. The molecule has 1 atom stereocenters. The summed E-state index contributed by atoms with van der Waals surface area (Å²) in [4.78, 5) is 0. The third kappa shape index (κ3) is 11.8. The van der Waals surface area contributed by atoms with Gasteiger partial charge in [0, 0.05) is 0 Å². The van der Waals surface area contributed by atoms with Gasteiger partial charge in [-0.15, -0.1) is 0 Å². The van der Waals surface area contributed by atoms with Crippen LogP contribution in [0.1, 0.15) is 85.0 Å².